The number of rotatable bonds is 5. The van der Waals surface area contributed by atoms with Crippen molar-refractivity contribution in [1.82, 2.24) is 9.88 Å². The van der Waals surface area contributed by atoms with Gasteiger partial charge in [0.25, 0.3) is 11.8 Å². The van der Waals surface area contributed by atoms with Crippen LogP contribution in [0.1, 0.15) is 42.9 Å². The highest BCUT2D eigenvalue weighted by molar-refractivity contribution is 7.30. The molecule has 8 nitrogen and oxygen atoms in total. The minimum absolute atomic E-state index is 0.288. The van der Waals surface area contributed by atoms with Gasteiger partial charge in [-0.25, -0.2) is 9.78 Å². The minimum Gasteiger partial charge on any atom is -0.462 e. The van der Waals surface area contributed by atoms with Crippen LogP contribution in [0.15, 0.2) is 24.3 Å². The van der Waals surface area contributed by atoms with Gasteiger partial charge in [-0.2, -0.15) is 0 Å². The zero-order chi connectivity index (χ0) is 20.7. The van der Waals surface area contributed by atoms with E-state index in [1.807, 2.05) is 0 Å². The molecule has 3 aromatic rings. The normalized spacial score (nSPS) is 13.1. The van der Waals surface area contributed by atoms with Crippen LogP contribution in [-0.2, 0) is 9.53 Å². The number of thiazole rings is 1. The second-order valence-electron chi connectivity index (χ2n) is 6.22. The van der Waals surface area contributed by atoms with E-state index in [0.717, 1.165) is 15.2 Å². The van der Waals surface area contributed by atoms with Crippen LogP contribution in [0, 0.1) is 6.92 Å². The number of thiophene rings is 1. The van der Waals surface area contributed by atoms with Gasteiger partial charge in [0.15, 0.2) is 5.13 Å². The number of benzene rings is 1. The highest BCUT2D eigenvalue weighted by Gasteiger charge is 2.36. The summed E-state index contributed by atoms with van der Waals surface area (Å²) in [6.45, 7) is 3.43. The lowest BCUT2D eigenvalue weighted by atomic mass is 10.1. The molecule has 0 saturated carbocycles. The molecule has 1 aliphatic rings. The van der Waals surface area contributed by atoms with Crippen molar-refractivity contribution in [3.05, 3.63) is 45.8 Å². The van der Waals surface area contributed by atoms with E-state index < -0.39 is 30.2 Å². The molecule has 3 heterocycles. The number of carbonyl (C=O) groups is 4. The molecular weight excluding hydrogens is 414 g/mol. The second kappa shape index (κ2) is 7.37. The number of hydrogen-bond acceptors (Lipinski definition) is 8. The molecule has 3 amide bonds. The van der Waals surface area contributed by atoms with Gasteiger partial charge in [0, 0.05) is 0 Å². The molecule has 10 heteroatoms. The molecule has 4 rings (SSSR count). The third-order valence-corrected chi connectivity index (χ3v) is 6.75. The van der Waals surface area contributed by atoms with Gasteiger partial charge in [0.05, 0.1) is 22.4 Å². The van der Waals surface area contributed by atoms with Gasteiger partial charge in [-0.1, -0.05) is 23.5 Å². The van der Waals surface area contributed by atoms with Gasteiger partial charge in [-0.15, -0.1) is 11.3 Å². The molecule has 29 heavy (non-hydrogen) atoms. The van der Waals surface area contributed by atoms with E-state index in [-0.39, 0.29) is 6.61 Å². The van der Waals surface area contributed by atoms with E-state index in [0.29, 0.717) is 26.0 Å². The average molecular weight is 429 g/mol. The Labute approximate surface area is 173 Å². The summed E-state index contributed by atoms with van der Waals surface area (Å²) in [5, 5.41) is 2.97. The van der Waals surface area contributed by atoms with Crippen LogP contribution in [0.25, 0.3) is 9.53 Å². The molecule has 0 atom stereocenters. The van der Waals surface area contributed by atoms with Gasteiger partial charge in [-0.3, -0.25) is 19.3 Å². The first-order chi connectivity index (χ1) is 13.9. The van der Waals surface area contributed by atoms with Gasteiger partial charge in [0.2, 0.25) is 5.91 Å². The number of esters is 1. The van der Waals surface area contributed by atoms with Crippen molar-refractivity contribution in [2.45, 2.75) is 13.8 Å². The second-order valence-corrected chi connectivity index (χ2v) is 8.22. The highest BCUT2D eigenvalue weighted by Crippen LogP contribution is 2.37. The van der Waals surface area contributed by atoms with Crippen LogP contribution in [-0.4, -0.2) is 46.7 Å². The monoisotopic (exact) mass is 429 g/mol. The van der Waals surface area contributed by atoms with Crippen LogP contribution in [0.3, 0.4) is 0 Å². The molecule has 1 aromatic carbocycles. The number of aryl methyl sites for hydroxylation is 1. The van der Waals surface area contributed by atoms with E-state index >= 15 is 0 Å². The number of carbonyl (C=O) groups excluding carboxylic acids is 4. The Morgan fingerprint density at radius 1 is 1.14 bits per heavy atom. The largest absolute Gasteiger partial charge is 0.462 e. The first-order valence-electron chi connectivity index (χ1n) is 8.72. The molecule has 0 radical (unpaired) electrons. The van der Waals surface area contributed by atoms with Crippen LogP contribution >= 0.6 is 22.7 Å². The smallest absolute Gasteiger partial charge is 0.348 e. The van der Waals surface area contributed by atoms with Crippen molar-refractivity contribution in [2.24, 2.45) is 0 Å². The third kappa shape index (κ3) is 3.30. The summed E-state index contributed by atoms with van der Waals surface area (Å²) in [6.07, 6.45) is 0. The lowest BCUT2D eigenvalue weighted by molar-refractivity contribution is -0.116. The maximum atomic E-state index is 12.4. The third-order valence-electron chi connectivity index (χ3n) is 4.36. The molecule has 0 unspecified atom stereocenters. The molecular formula is C19H15N3O5S2. The Bertz CT molecular complexity index is 1140. The van der Waals surface area contributed by atoms with Gasteiger partial charge in [0.1, 0.15) is 16.3 Å². The maximum Gasteiger partial charge on any atom is 0.348 e. The average Bonchev–Trinajstić information content (AvgIpc) is 3.30. The summed E-state index contributed by atoms with van der Waals surface area (Å²) in [5.74, 6) is -1.90. The van der Waals surface area contributed by atoms with Crippen molar-refractivity contribution >= 4 is 61.0 Å². The number of hydrogen-bond donors (Lipinski definition) is 1. The molecule has 0 aliphatic carbocycles. The zero-order valence-electron chi connectivity index (χ0n) is 15.5. The van der Waals surface area contributed by atoms with Crippen LogP contribution in [0.2, 0.25) is 0 Å². The van der Waals surface area contributed by atoms with Crippen molar-refractivity contribution in [3.8, 4) is 0 Å². The number of anilines is 1. The standard InChI is InChI=1S/C19H15N3O5S2/c1-3-27-18(26)14-9(2)13-15(28-14)21-19(29-13)20-12(23)8-22-16(24)10-6-4-5-7-11(10)17(22)25/h4-7H,3,8H2,1-2H3,(H,20,21,23). The minimum atomic E-state index is -0.524. The number of amides is 3. The molecule has 1 aliphatic heterocycles. The van der Waals surface area contributed by atoms with E-state index in [2.05, 4.69) is 10.3 Å². The number of imide groups is 1. The summed E-state index contributed by atoms with van der Waals surface area (Å²) in [5.41, 5.74) is 1.34. The number of nitrogens with one attached hydrogen (secondary N) is 1. The number of fused-ring (bicyclic) bond motifs is 2. The van der Waals surface area contributed by atoms with Crippen LogP contribution in [0.4, 0.5) is 5.13 Å². The zero-order valence-corrected chi connectivity index (χ0v) is 17.1. The SMILES string of the molecule is CCOC(=O)c1sc2nc(NC(=O)CN3C(=O)c4ccccc4C3=O)sc2c1C. The molecule has 0 spiro atoms. The molecule has 0 fully saturated rings. The van der Waals surface area contributed by atoms with Crippen LogP contribution in [0.5, 0.6) is 0 Å². The fourth-order valence-electron chi connectivity index (χ4n) is 3.02. The molecule has 148 valence electrons. The summed E-state index contributed by atoms with van der Waals surface area (Å²) in [4.78, 5) is 55.5. The molecule has 1 N–H and O–H groups in total. The van der Waals surface area contributed by atoms with Crippen molar-refractivity contribution in [2.75, 3.05) is 18.5 Å². The summed E-state index contributed by atoms with van der Waals surface area (Å²) in [7, 11) is 0. The van der Waals surface area contributed by atoms with Crippen molar-refractivity contribution in [3.63, 3.8) is 0 Å². The van der Waals surface area contributed by atoms with Gasteiger partial charge in [-0.05, 0) is 31.5 Å². The van der Waals surface area contributed by atoms with Crippen LogP contribution < -0.4 is 5.32 Å². The number of aromatic nitrogens is 1. The van der Waals surface area contributed by atoms with Crippen molar-refractivity contribution < 1.29 is 23.9 Å². The number of nitrogens with zero attached hydrogens (tertiary/aromatic N) is 2. The Morgan fingerprint density at radius 3 is 2.38 bits per heavy atom. The van der Waals surface area contributed by atoms with Gasteiger partial charge < -0.3 is 10.1 Å². The predicted molar refractivity (Wildman–Crippen MR) is 109 cm³/mol. The number of ether oxygens (including phenoxy) is 1. The Balaban J connectivity index is 1.48. The van der Waals surface area contributed by atoms with Crippen molar-refractivity contribution in [1.29, 1.82) is 0 Å². The maximum absolute atomic E-state index is 12.4. The Morgan fingerprint density at radius 2 is 1.79 bits per heavy atom. The predicted octanol–water partition coefficient (Wildman–Crippen LogP) is 3.08. The summed E-state index contributed by atoms with van der Waals surface area (Å²) < 4.78 is 5.82. The van der Waals surface area contributed by atoms with E-state index in [1.54, 1.807) is 38.1 Å². The highest BCUT2D eigenvalue weighted by atomic mass is 32.1. The van der Waals surface area contributed by atoms with E-state index in [4.69, 9.17) is 4.74 Å². The molecule has 2 aromatic heterocycles. The fourth-order valence-corrected chi connectivity index (χ4v) is 5.25. The molecule has 0 bridgehead atoms. The van der Waals surface area contributed by atoms with E-state index in [9.17, 15) is 19.2 Å². The lowest BCUT2D eigenvalue weighted by Crippen LogP contribution is -2.37. The summed E-state index contributed by atoms with van der Waals surface area (Å²) in [6, 6.07) is 6.46. The van der Waals surface area contributed by atoms with E-state index in [1.165, 1.54) is 22.7 Å². The topological polar surface area (TPSA) is 106 Å². The first kappa shape index (κ1) is 19.2. The fraction of sp³-hybridized carbons (Fsp3) is 0.211. The Kier molecular flexibility index (Phi) is 4.89. The van der Waals surface area contributed by atoms with Gasteiger partial charge >= 0.3 is 5.97 Å². The summed E-state index contributed by atoms with van der Waals surface area (Å²) >= 11 is 2.43. The molecule has 0 saturated heterocycles. The quantitative estimate of drug-likeness (QED) is 0.494. The lowest BCUT2D eigenvalue weighted by Gasteiger charge is -2.12. The first-order valence-corrected chi connectivity index (χ1v) is 10.4. The Hall–Kier alpha value is -3.11.